The minimum atomic E-state index is -0.576. The molecule has 12 heteroatoms. The molecule has 0 aliphatic carbocycles. The van der Waals surface area contributed by atoms with Crippen LogP contribution in [0, 0.1) is 5.92 Å². The van der Waals surface area contributed by atoms with Gasteiger partial charge in [-0.05, 0) is 80.8 Å². The van der Waals surface area contributed by atoms with Gasteiger partial charge in [-0.3, -0.25) is 14.2 Å². The van der Waals surface area contributed by atoms with Crippen LogP contribution in [0.3, 0.4) is 0 Å². The monoisotopic (exact) mass is 666 g/mol. The van der Waals surface area contributed by atoms with E-state index in [-0.39, 0.29) is 35.3 Å². The molecule has 0 bridgehead atoms. The van der Waals surface area contributed by atoms with Crippen LogP contribution in [0.1, 0.15) is 80.8 Å². The third-order valence-electron chi connectivity index (χ3n) is 9.10. The number of rotatable bonds is 5. The normalized spacial score (nSPS) is 18.0. The van der Waals surface area contributed by atoms with Crippen molar-refractivity contribution >= 4 is 40.7 Å². The fourth-order valence-corrected chi connectivity index (χ4v) is 6.59. The summed E-state index contributed by atoms with van der Waals surface area (Å²) < 4.78 is 7.51. The Morgan fingerprint density at radius 3 is 2.31 bits per heavy atom. The summed E-state index contributed by atoms with van der Waals surface area (Å²) in [4.78, 5) is 58.6. The molecule has 12 nitrogen and oxygen atoms in total. The van der Waals surface area contributed by atoms with Gasteiger partial charge in [0, 0.05) is 57.2 Å². The van der Waals surface area contributed by atoms with Gasteiger partial charge in [0.25, 0.3) is 11.8 Å². The number of ether oxygens (including phenoxy) is 1. The number of likely N-dealkylation sites (tertiary alicyclic amines) is 2. The van der Waals surface area contributed by atoms with E-state index in [1.165, 1.54) is 5.56 Å². The summed E-state index contributed by atoms with van der Waals surface area (Å²) in [6.45, 7) is 13.8. The summed E-state index contributed by atoms with van der Waals surface area (Å²) >= 11 is 0. The van der Waals surface area contributed by atoms with Crippen molar-refractivity contribution in [2.45, 2.75) is 71.4 Å². The number of carbonyl (C=O) groups excluding carboxylic acids is 3. The molecule has 258 valence electrons. The van der Waals surface area contributed by atoms with Gasteiger partial charge in [0.05, 0.1) is 11.6 Å². The zero-order valence-electron chi connectivity index (χ0n) is 29.6. The van der Waals surface area contributed by atoms with Gasteiger partial charge in [-0.25, -0.2) is 14.8 Å². The highest BCUT2D eigenvalue weighted by Gasteiger charge is 2.43. The second kappa shape index (κ2) is 12.8. The highest BCUT2D eigenvalue weighted by Crippen LogP contribution is 2.33. The lowest BCUT2D eigenvalue weighted by molar-refractivity contribution is 0.00614. The van der Waals surface area contributed by atoms with Gasteiger partial charge >= 0.3 is 6.09 Å². The average molecular weight is 667 g/mol. The Bertz CT molecular complexity index is 1870. The molecule has 3 amide bonds. The molecule has 5 heterocycles. The van der Waals surface area contributed by atoms with Gasteiger partial charge in [0.1, 0.15) is 17.1 Å². The molecule has 2 aliphatic rings. The number of carbonyl (C=O) groups is 3. The van der Waals surface area contributed by atoms with Gasteiger partial charge in [-0.2, -0.15) is 4.98 Å². The number of aromatic nitrogens is 4. The summed E-state index contributed by atoms with van der Waals surface area (Å²) in [5.74, 6) is 0.724. The molecule has 49 heavy (non-hydrogen) atoms. The first kappa shape index (κ1) is 33.9. The van der Waals surface area contributed by atoms with E-state index in [1.54, 1.807) is 54.5 Å². The van der Waals surface area contributed by atoms with Gasteiger partial charge < -0.3 is 24.8 Å². The molecule has 2 saturated heterocycles. The van der Waals surface area contributed by atoms with Crippen LogP contribution < -0.4 is 5.32 Å². The third-order valence-corrected chi connectivity index (χ3v) is 9.10. The van der Waals surface area contributed by atoms with Gasteiger partial charge in [-0.15, -0.1) is 0 Å². The van der Waals surface area contributed by atoms with Crippen LogP contribution in [0.15, 0.2) is 54.9 Å². The summed E-state index contributed by atoms with van der Waals surface area (Å²) in [6, 6.07) is 13.4. The summed E-state index contributed by atoms with van der Waals surface area (Å²) in [7, 11) is 3.45. The van der Waals surface area contributed by atoms with E-state index in [2.05, 4.69) is 48.2 Å². The maximum Gasteiger partial charge on any atom is 0.410 e. The van der Waals surface area contributed by atoms with Crippen molar-refractivity contribution in [2.24, 2.45) is 5.92 Å². The second-order valence-corrected chi connectivity index (χ2v) is 15.2. The van der Waals surface area contributed by atoms with Crippen molar-refractivity contribution in [3.8, 4) is 5.69 Å². The van der Waals surface area contributed by atoms with Crippen molar-refractivity contribution in [2.75, 3.05) is 39.0 Å². The van der Waals surface area contributed by atoms with E-state index in [1.807, 2.05) is 42.4 Å². The number of piperidine rings is 1. The number of anilines is 2. The Kier molecular flexibility index (Phi) is 8.85. The zero-order valence-corrected chi connectivity index (χ0v) is 29.6. The van der Waals surface area contributed by atoms with E-state index in [9.17, 15) is 14.4 Å². The lowest BCUT2D eigenvalue weighted by Gasteiger charge is -2.37. The number of amides is 3. The van der Waals surface area contributed by atoms with Crippen LogP contribution in [-0.4, -0.2) is 97.5 Å². The molecule has 0 radical (unpaired) electrons. The zero-order chi connectivity index (χ0) is 35.2. The lowest BCUT2D eigenvalue weighted by atomic mass is 9.87. The van der Waals surface area contributed by atoms with E-state index >= 15 is 0 Å². The molecule has 1 aromatic carbocycles. The summed E-state index contributed by atoms with van der Waals surface area (Å²) in [6.07, 6.45) is 4.77. The van der Waals surface area contributed by atoms with Gasteiger partial charge in [0.2, 0.25) is 5.95 Å². The van der Waals surface area contributed by atoms with E-state index in [0.29, 0.717) is 48.3 Å². The molecule has 0 saturated carbocycles. The Balaban J connectivity index is 1.20. The molecular formula is C37H46N8O4. The minimum Gasteiger partial charge on any atom is -0.444 e. The molecular weight excluding hydrogens is 620 g/mol. The van der Waals surface area contributed by atoms with Crippen LogP contribution in [-0.2, 0) is 10.2 Å². The Morgan fingerprint density at radius 1 is 0.939 bits per heavy atom. The van der Waals surface area contributed by atoms with E-state index < -0.39 is 5.60 Å². The van der Waals surface area contributed by atoms with E-state index in [4.69, 9.17) is 9.72 Å². The number of hydrogen-bond donors (Lipinski definition) is 1. The van der Waals surface area contributed by atoms with Crippen molar-refractivity contribution in [1.82, 2.24) is 34.2 Å². The molecule has 4 aromatic rings. The van der Waals surface area contributed by atoms with Crippen LogP contribution in [0.5, 0.6) is 0 Å². The van der Waals surface area contributed by atoms with Crippen LogP contribution in [0.4, 0.5) is 16.6 Å². The van der Waals surface area contributed by atoms with E-state index in [0.717, 1.165) is 23.9 Å². The first-order valence-corrected chi connectivity index (χ1v) is 16.8. The van der Waals surface area contributed by atoms with Crippen LogP contribution in [0.2, 0.25) is 0 Å². The SMILES string of the molecule is CN(C)C(=O)c1cc2cnc(Nc3ccc(C(=O)N4CC5CCCN(C(=O)OC(C)(C)C)C5C4)cn3)nc2n1-c1ccc(C(C)(C)C)cc1. The predicted molar refractivity (Wildman–Crippen MR) is 188 cm³/mol. The number of nitrogens with zero attached hydrogens (tertiary/aromatic N) is 7. The first-order valence-electron chi connectivity index (χ1n) is 16.8. The molecule has 1 N–H and O–H groups in total. The molecule has 2 fully saturated rings. The maximum atomic E-state index is 13.5. The number of hydrogen-bond acceptors (Lipinski definition) is 8. The molecule has 2 atom stereocenters. The number of benzene rings is 1. The standard InChI is InChI=1S/C37H46N8O4/c1-36(2,3)26-12-14-27(15-13-26)45-28(33(47)42(7)8)18-25-20-39-34(41-31(25)45)40-30-16-11-23(19-38-30)32(46)43-21-24-10-9-17-44(29(24)22-43)35(48)49-37(4,5)6/h11-16,18-20,24,29H,9-10,17,21-22H2,1-8H3,(H,38,39,40,41). The summed E-state index contributed by atoms with van der Waals surface area (Å²) in [5.41, 5.74) is 2.93. The lowest BCUT2D eigenvalue weighted by Crippen LogP contribution is -2.50. The van der Waals surface area contributed by atoms with Gasteiger partial charge in [0.15, 0.2) is 5.65 Å². The Labute approximate surface area is 287 Å². The largest absolute Gasteiger partial charge is 0.444 e. The van der Waals surface area contributed by atoms with Crippen LogP contribution in [0.25, 0.3) is 16.7 Å². The molecule has 2 aliphatic heterocycles. The van der Waals surface area contributed by atoms with Crippen molar-refractivity contribution in [3.63, 3.8) is 0 Å². The molecule has 6 rings (SSSR count). The maximum absolute atomic E-state index is 13.5. The molecule has 3 aromatic heterocycles. The molecule has 0 spiro atoms. The third kappa shape index (κ3) is 7.09. The van der Waals surface area contributed by atoms with Crippen LogP contribution >= 0.6 is 0 Å². The predicted octanol–water partition coefficient (Wildman–Crippen LogP) is 6.03. The summed E-state index contributed by atoms with van der Waals surface area (Å²) in [5, 5.41) is 3.88. The first-order chi connectivity index (χ1) is 23.1. The average Bonchev–Trinajstić information content (AvgIpc) is 3.65. The van der Waals surface area contributed by atoms with Crippen molar-refractivity contribution < 1.29 is 19.1 Å². The van der Waals surface area contributed by atoms with Gasteiger partial charge in [-0.1, -0.05) is 32.9 Å². The fourth-order valence-electron chi connectivity index (χ4n) is 6.59. The van der Waals surface area contributed by atoms with Crippen molar-refractivity contribution in [3.05, 3.63) is 71.7 Å². The number of pyridine rings is 1. The fraction of sp³-hybridized carbons (Fsp3) is 0.459. The number of fused-ring (bicyclic) bond motifs is 2. The molecule has 2 unspecified atom stereocenters. The van der Waals surface area contributed by atoms with Crippen molar-refractivity contribution in [1.29, 1.82) is 0 Å². The quantitative estimate of drug-likeness (QED) is 0.274. The Morgan fingerprint density at radius 2 is 1.67 bits per heavy atom. The number of nitrogens with one attached hydrogen (secondary N) is 1. The second-order valence-electron chi connectivity index (χ2n) is 15.2. The smallest absolute Gasteiger partial charge is 0.410 e. The Hall–Kier alpha value is -5.00. The topological polar surface area (TPSA) is 126 Å². The highest BCUT2D eigenvalue weighted by atomic mass is 16.6. The minimum absolute atomic E-state index is 0.0121. The highest BCUT2D eigenvalue weighted by molar-refractivity contribution is 5.99.